The van der Waals surface area contributed by atoms with Crippen molar-refractivity contribution in [3.05, 3.63) is 21.6 Å². The maximum Gasteiger partial charge on any atom is 0.292 e. The third-order valence-electron chi connectivity index (χ3n) is 2.87. The summed E-state index contributed by atoms with van der Waals surface area (Å²) in [5.41, 5.74) is 0.115. The van der Waals surface area contributed by atoms with Gasteiger partial charge in [-0.3, -0.25) is 4.79 Å². The van der Waals surface area contributed by atoms with Crippen LogP contribution in [0.4, 0.5) is 5.69 Å². The molecule has 5 heteroatoms. The summed E-state index contributed by atoms with van der Waals surface area (Å²) in [5.74, 6) is 2.40. The minimum absolute atomic E-state index is 0.148. The molecular weight excluding hydrogens is 262 g/mol. The van der Waals surface area contributed by atoms with Gasteiger partial charge in [-0.1, -0.05) is 43.7 Å². The second-order valence-corrected chi connectivity index (χ2v) is 4.98. The zero-order valence-electron chi connectivity index (χ0n) is 11.4. The topological polar surface area (TPSA) is 46.9 Å². The van der Waals surface area contributed by atoms with Crippen molar-refractivity contribution in [2.75, 3.05) is 5.32 Å². The highest BCUT2D eigenvalue weighted by molar-refractivity contribution is 6.33. The first-order chi connectivity index (χ1) is 9.10. The van der Waals surface area contributed by atoms with Crippen molar-refractivity contribution in [2.45, 2.75) is 52.1 Å². The van der Waals surface area contributed by atoms with Gasteiger partial charge in [0.05, 0.1) is 11.2 Å². The van der Waals surface area contributed by atoms with E-state index in [0.717, 1.165) is 12.8 Å². The van der Waals surface area contributed by atoms with Gasteiger partial charge in [0, 0.05) is 6.04 Å². The molecule has 0 saturated heterocycles. The van der Waals surface area contributed by atoms with E-state index in [4.69, 9.17) is 18.0 Å². The lowest BCUT2D eigenvalue weighted by molar-refractivity contribution is 0.610. The molecule has 4 nitrogen and oxygen atoms in total. The number of aromatic nitrogens is 2. The Kier molecular flexibility index (Phi) is 6.44. The molecule has 0 aromatic carbocycles. The Morgan fingerprint density at radius 2 is 2.32 bits per heavy atom. The highest BCUT2D eigenvalue weighted by atomic mass is 35.5. The Bertz CT molecular complexity index is 504. The Labute approximate surface area is 119 Å². The molecule has 104 valence electrons. The molecule has 0 amide bonds. The van der Waals surface area contributed by atoms with Crippen molar-refractivity contribution >= 4 is 17.3 Å². The van der Waals surface area contributed by atoms with Gasteiger partial charge in [0.15, 0.2) is 0 Å². The first-order valence-electron chi connectivity index (χ1n) is 6.55. The standard InChI is InChI=1S/C14H20ClN3O/c1-4-6-7-8-11(3)17-13-12(15)10-16-18(9-5-2)14(13)19/h2,10-11,17H,4,6-9H2,1,3H3. The third kappa shape index (κ3) is 4.60. The van der Waals surface area contributed by atoms with E-state index in [1.807, 2.05) is 6.92 Å². The predicted octanol–water partition coefficient (Wildman–Crippen LogP) is 2.91. The molecule has 0 radical (unpaired) electrons. The monoisotopic (exact) mass is 281 g/mol. The second-order valence-electron chi connectivity index (χ2n) is 4.58. The zero-order chi connectivity index (χ0) is 14.3. The Balaban J connectivity index is 2.80. The summed E-state index contributed by atoms with van der Waals surface area (Å²) in [6.45, 7) is 4.35. The van der Waals surface area contributed by atoms with Crippen LogP contribution in [0.2, 0.25) is 5.02 Å². The highest BCUT2D eigenvalue weighted by Crippen LogP contribution is 2.17. The summed E-state index contributed by atoms with van der Waals surface area (Å²) in [4.78, 5) is 12.1. The molecule has 19 heavy (non-hydrogen) atoms. The van der Waals surface area contributed by atoms with E-state index in [0.29, 0.717) is 10.7 Å². The molecule has 1 atom stereocenters. The number of hydrogen-bond donors (Lipinski definition) is 1. The van der Waals surface area contributed by atoms with Gasteiger partial charge in [0.25, 0.3) is 5.56 Å². The minimum atomic E-state index is -0.271. The van der Waals surface area contributed by atoms with Crippen molar-refractivity contribution in [2.24, 2.45) is 0 Å². The molecule has 0 saturated carbocycles. The normalized spacial score (nSPS) is 11.9. The lowest BCUT2D eigenvalue weighted by atomic mass is 10.1. The number of hydrogen-bond acceptors (Lipinski definition) is 3. The maximum atomic E-state index is 12.1. The first-order valence-corrected chi connectivity index (χ1v) is 6.93. The van der Waals surface area contributed by atoms with Gasteiger partial charge in [0.2, 0.25) is 0 Å². The van der Waals surface area contributed by atoms with Gasteiger partial charge in [-0.25, -0.2) is 4.68 Å². The third-order valence-corrected chi connectivity index (χ3v) is 3.16. The SMILES string of the molecule is C#CCn1ncc(Cl)c(NC(C)CCCCC)c1=O. The molecule has 0 aliphatic rings. The Hall–Kier alpha value is -1.47. The van der Waals surface area contributed by atoms with Crippen molar-refractivity contribution in [1.29, 1.82) is 0 Å². The molecule has 0 aliphatic carbocycles. The fourth-order valence-electron chi connectivity index (χ4n) is 1.82. The van der Waals surface area contributed by atoms with E-state index < -0.39 is 0 Å². The van der Waals surface area contributed by atoms with Crippen LogP contribution in [0, 0.1) is 12.3 Å². The van der Waals surface area contributed by atoms with Crippen LogP contribution in [0.15, 0.2) is 11.0 Å². The second kappa shape index (κ2) is 7.85. The fourth-order valence-corrected chi connectivity index (χ4v) is 2.00. The maximum absolute atomic E-state index is 12.1. The summed E-state index contributed by atoms with van der Waals surface area (Å²) in [5, 5.41) is 7.40. The molecule has 1 aromatic rings. The van der Waals surface area contributed by atoms with Crippen LogP contribution in [0.5, 0.6) is 0 Å². The van der Waals surface area contributed by atoms with Crippen LogP contribution >= 0.6 is 11.6 Å². The molecule has 0 spiro atoms. The van der Waals surface area contributed by atoms with Gasteiger partial charge in [-0.2, -0.15) is 5.10 Å². The lowest BCUT2D eigenvalue weighted by Crippen LogP contribution is -2.28. The van der Waals surface area contributed by atoms with Crippen LogP contribution in [-0.2, 0) is 6.54 Å². The van der Waals surface area contributed by atoms with Crippen LogP contribution in [0.3, 0.4) is 0 Å². The molecule has 1 unspecified atom stereocenters. The van der Waals surface area contributed by atoms with Crippen LogP contribution < -0.4 is 10.9 Å². The van der Waals surface area contributed by atoms with Crippen LogP contribution in [0.1, 0.15) is 39.5 Å². The first kappa shape index (κ1) is 15.6. The van der Waals surface area contributed by atoms with Crippen molar-refractivity contribution in [1.82, 2.24) is 9.78 Å². The molecule has 1 N–H and O–H groups in total. The highest BCUT2D eigenvalue weighted by Gasteiger charge is 2.12. The summed E-state index contributed by atoms with van der Waals surface area (Å²) >= 11 is 6.02. The van der Waals surface area contributed by atoms with E-state index in [9.17, 15) is 4.79 Å². The minimum Gasteiger partial charge on any atom is -0.377 e. The van der Waals surface area contributed by atoms with E-state index >= 15 is 0 Å². The van der Waals surface area contributed by atoms with E-state index in [2.05, 4.69) is 23.3 Å². The Morgan fingerprint density at radius 1 is 1.58 bits per heavy atom. The lowest BCUT2D eigenvalue weighted by Gasteiger charge is -2.16. The number of terminal acetylenes is 1. The van der Waals surface area contributed by atoms with E-state index in [1.54, 1.807) is 0 Å². The molecule has 0 aliphatic heterocycles. The smallest absolute Gasteiger partial charge is 0.292 e. The number of anilines is 1. The number of nitrogens with zero attached hydrogens (tertiary/aromatic N) is 2. The van der Waals surface area contributed by atoms with Crippen molar-refractivity contribution < 1.29 is 0 Å². The van der Waals surface area contributed by atoms with E-state index in [-0.39, 0.29) is 18.1 Å². The molecule has 1 heterocycles. The number of rotatable bonds is 7. The van der Waals surface area contributed by atoms with Gasteiger partial charge in [-0.15, -0.1) is 6.42 Å². The Morgan fingerprint density at radius 3 is 2.95 bits per heavy atom. The van der Waals surface area contributed by atoms with Crippen molar-refractivity contribution in [3.63, 3.8) is 0 Å². The predicted molar refractivity (Wildman–Crippen MR) is 79.6 cm³/mol. The van der Waals surface area contributed by atoms with Gasteiger partial charge in [0.1, 0.15) is 12.2 Å². The summed E-state index contributed by atoms with van der Waals surface area (Å²) in [7, 11) is 0. The molecule has 1 rings (SSSR count). The average molecular weight is 282 g/mol. The molecule has 0 bridgehead atoms. The summed E-state index contributed by atoms with van der Waals surface area (Å²) < 4.78 is 1.23. The molecule has 1 aromatic heterocycles. The zero-order valence-corrected chi connectivity index (χ0v) is 12.2. The van der Waals surface area contributed by atoms with Gasteiger partial charge < -0.3 is 5.32 Å². The van der Waals surface area contributed by atoms with Gasteiger partial charge >= 0.3 is 0 Å². The summed E-state index contributed by atoms with van der Waals surface area (Å²) in [6.07, 6.45) is 11.1. The molecule has 0 fully saturated rings. The quantitative estimate of drug-likeness (QED) is 0.617. The number of unbranched alkanes of at least 4 members (excludes halogenated alkanes) is 2. The fraction of sp³-hybridized carbons (Fsp3) is 0.571. The number of halogens is 1. The average Bonchev–Trinajstić information content (AvgIpc) is 2.38. The van der Waals surface area contributed by atoms with Gasteiger partial charge in [-0.05, 0) is 13.3 Å². The van der Waals surface area contributed by atoms with Crippen LogP contribution in [-0.4, -0.2) is 15.8 Å². The molecular formula is C14H20ClN3O. The van der Waals surface area contributed by atoms with Crippen LogP contribution in [0.25, 0.3) is 0 Å². The van der Waals surface area contributed by atoms with E-state index in [1.165, 1.54) is 23.7 Å². The summed E-state index contributed by atoms with van der Waals surface area (Å²) in [6, 6.07) is 0.193. The number of nitrogens with one attached hydrogen (secondary N) is 1. The largest absolute Gasteiger partial charge is 0.377 e. The van der Waals surface area contributed by atoms with Crippen molar-refractivity contribution in [3.8, 4) is 12.3 Å².